The van der Waals surface area contributed by atoms with Gasteiger partial charge in [-0.15, -0.1) is 0 Å². The van der Waals surface area contributed by atoms with Crippen molar-refractivity contribution in [3.8, 4) is 17.2 Å². The van der Waals surface area contributed by atoms with Crippen LogP contribution in [-0.4, -0.2) is 37.5 Å². The summed E-state index contributed by atoms with van der Waals surface area (Å²) in [6.07, 6.45) is 1.75. The number of fused-ring (bicyclic) bond motifs is 1. The molecule has 0 radical (unpaired) electrons. The van der Waals surface area contributed by atoms with E-state index in [0.29, 0.717) is 43.4 Å². The first-order valence-electron chi connectivity index (χ1n) is 12.0. The number of nitrogens with zero attached hydrogens (tertiary/aromatic N) is 2. The van der Waals surface area contributed by atoms with Crippen LogP contribution < -0.4 is 29.1 Å². The maximum absolute atomic E-state index is 13.8. The van der Waals surface area contributed by atoms with E-state index in [9.17, 15) is 9.59 Å². The van der Waals surface area contributed by atoms with E-state index < -0.39 is 12.0 Å². The lowest BCUT2D eigenvalue weighted by Gasteiger charge is -2.25. The number of esters is 1. The summed E-state index contributed by atoms with van der Waals surface area (Å²) in [5.41, 5.74) is 2.05. The van der Waals surface area contributed by atoms with Crippen molar-refractivity contribution < 1.29 is 23.7 Å². The van der Waals surface area contributed by atoms with Gasteiger partial charge in [-0.05, 0) is 69.2 Å². The molecule has 4 rings (SSSR count). The molecule has 0 fully saturated rings. The molecule has 0 aliphatic carbocycles. The number of hydrogen-bond donors (Lipinski definition) is 0. The molecule has 0 unspecified atom stereocenters. The Labute approximate surface area is 219 Å². The van der Waals surface area contributed by atoms with Crippen LogP contribution in [-0.2, 0) is 9.53 Å². The quantitative estimate of drug-likeness (QED) is 0.420. The van der Waals surface area contributed by atoms with Crippen LogP contribution in [0.3, 0.4) is 0 Å². The topological polar surface area (TPSA) is 88.4 Å². The van der Waals surface area contributed by atoms with Gasteiger partial charge in [-0.2, -0.15) is 0 Å². The maximum atomic E-state index is 13.8. The molecule has 0 bridgehead atoms. The summed E-state index contributed by atoms with van der Waals surface area (Å²) in [6, 6.07) is 12.1. The largest absolute Gasteiger partial charge is 0.497 e. The standard InChI is InChI=1S/C28H30N2O6S/c1-7-35-27(32)24-17(4)29-28-30(25(24)19-11-12-21(36-16(2)3)22(15-19)34-6)26(31)23(37-28)14-18-9-8-10-20(13-18)33-5/h8-16,25H,7H2,1-6H3/b23-14-/t25-/m0/s1. The highest BCUT2D eigenvalue weighted by atomic mass is 32.1. The predicted molar refractivity (Wildman–Crippen MR) is 142 cm³/mol. The zero-order valence-electron chi connectivity index (χ0n) is 21.7. The summed E-state index contributed by atoms with van der Waals surface area (Å²) in [5.74, 6) is 1.25. The van der Waals surface area contributed by atoms with Gasteiger partial charge in [-0.3, -0.25) is 9.36 Å². The summed E-state index contributed by atoms with van der Waals surface area (Å²) >= 11 is 1.27. The van der Waals surface area contributed by atoms with Gasteiger partial charge < -0.3 is 18.9 Å². The molecule has 9 heteroatoms. The molecule has 0 saturated carbocycles. The van der Waals surface area contributed by atoms with Gasteiger partial charge in [0.25, 0.3) is 5.56 Å². The van der Waals surface area contributed by atoms with Gasteiger partial charge in [0.05, 0.1) is 48.8 Å². The maximum Gasteiger partial charge on any atom is 0.338 e. The van der Waals surface area contributed by atoms with Gasteiger partial charge in [0, 0.05) is 0 Å². The number of aromatic nitrogens is 1. The molecule has 0 saturated heterocycles. The van der Waals surface area contributed by atoms with Crippen LogP contribution in [0.15, 0.2) is 63.5 Å². The molecule has 1 aromatic heterocycles. The molecule has 8 nitrogen and oxygen atoms in total. The van der Waals surface area contributed by atoms with Gasteiger partial charge in [-0.25, -0.2) is 9.79 Å². The van der Waals surface area contributed by atoms with E-state index in [1.807, 2.05) is 44.2 Å². The smallest absolute Gasteiger partial charge is 0.338 e. The van der Waals surface area contributed by atoms with Gasteiger partial charge in [0.1, 0.15) is 5.75 Å². The molecule has 0 spiro atoms. The second-order valence-electron chi connectivity index (χ2n) is 8.66. The van der Waals surface area contributed by atoms with Crippen molar-refractivity contribution in [2.45, 2.75) is 39.8 Å². The van der Waals surface area contributed by atoms with E-state index in [4.69, 9.17) is 18.9 Å². The second-order valence-corrected chi connectivity index (χ2v) is 9.66. The van der Waals surface area contributed by atoms with Crippen molar-refractivity contribution in [2.75, 3.05) is 20.8 Å². The van der Waals surface area contributed by atoms with Crippen molar-refractivity contribution in [2.24, 2.45) is 4.99 Å². The SMILES string of the molecule is CCOC(=O)C1=C(C)N=c2s/c(=C\c3cccc(OC)c3)c(=O)n2[C@H]1c1ccc(OC(C)C)c(OC)c1. The van der Waals surface area contributed by atoms with Crippen LogP contribution in [0.25, 0.3) is 6.08 Å². The van der Waals surface area contributed by atoms with E-state index in [0.717, 1.165) is 5.56 Å². The van der Waals surface area contributed by atoms with E-state index in [2.05, 4.69) is 4.99 Å². The van der Waals surface area contributed by atoms with Gasteiger partial charge >= 0.3 is 5.97 Å². The van der Waals surface area contributed by atoms with Crippen molar-refractivity contribution in [3.63, 3.8) is 0 Å². The molecule has 1 aliphatic heterocycles. The third-order valence-electron chi connectivity index (χ3n) is 5.77. The minimum atomic E-state index is -0.746. The van der Waals surface area contributed by atoms with Crippen molar-refractivity contribution in [1.82, 2.24) is 4.57 Å². The van der Waals surface area contributed by atoms with E-state index in [1.165, 1.54) is 11.3 Å². The van der Waals surface area contributed by atoms with Crippen LogP contribution in [0.5, 0.6) is 17.2 Å². The molecule has 3 aromatic rings. The number of thiazole rings is 1. The summed E-state index contributed by atoms with van der Waals surface area (Å²) in [5, 5.41) is 0. The molecule has 37 heavy (non-hydrogen) atoms. The molecule has 1 atom stereocenters. The number of hydrogen-bond acceptors (Lipinski definition) is 8. The lowest BCUT2D eigenvalue weighted by Crippen LogP contribution is -2.40. The van der Waals surface area contributed by atoms with Crippen LogP contribution >= 0.6 is 11.3 Å². The molecular formula is C28H30N2O6S. The fourth-order valence-electron chi connectivity index (χ4n) is 4.20. The Kier molecular flexibility index (Phi) is 7.83. The lowest BCUT2D eigenvalue weighted by molar-refractivity contribution is -0.139. The Balaban J connectivity index is 1.94. The van der Waals surface area contributed by atoms with Gasteiger partial charge in [0.15, 0.2) is 16.3 Å². The summed E-state index contributed by atoms with van der Waals surface area (Å²) in [7, 11) is 3.15. The number of allylic oxidation sites excluding steroid dienone is 1. The Morgan fingerprint density at radius 1 is 1.14 bits per heavy atom. The average molecular weight is 523 g/mol. The third kappa shape index (κ3) is 5.32. The zero-order valence-corrected chi connectivity index (χ0v) is 22.5. The van der Waals surface area contributed by atoms with Crippen molar-refractivity contribution in [1.29, 1.82) is 0 Å². The Morgan fingerprint density at radius 2 is 1.92 bits per heavy atom. The lowest BCUT2D eigenvalue weighted by atomic mass is 9.95. The third-order valence-corrected chi connectivity index (χ3v) is 6.76. The minimum Gasteiger partial charge on any atom is -0.497 e. The molecular weight excluding hydrogens is 492 g/mol. The van der Waals surface area contributed by atoms with E-state index >= 15 is 0 Å². The average Bonchev–Trinajstić information content (AvgIpc) is 3.17. The second kappa shape index (κ2) is 11.0. The molecule has 2 heterocycles. The summed E-state index contributed by atoms with van der Waals surface area (Å²) in [4.78, 5) is 32.0. The predicted octanol–water partition coefficient (Wildman–Crippen LogP) is 3.60. The summed E-state index contributed by atoms with van der Waals surface area (Å²) in [6.45, 7) is 7.56. The first-order valence-corrected chi connectivity index (χ1v) is 12.8. The molecule has 1 aliphatic rings. The van der Waals surface area contributed by atoms with Crippen LogP contribution in [0, 0.1) is 0 Å². The van der Waals surface area contributed by atoms with E-state index in [1.54, 1.807) is 50.8 Å². The Morgan fingerprint density at radius 3 is 2.59 bits per heavy atom. The number of carbonyl (C=O) groups is 1. The zero-order chi connectivity index (χ0) is 26.7. The molecule has 194 valence electrons. The number of methoxy groups -OCH3 is 2. The molecule has 0 N–H and O–H groups in total. The van der Waals surface area contributed by atoms with Gasteiger partial charge in [0.2, 0.25) is 0 Å². The number of rotatable bonds is 8. The molecule has 2 aromatic carbocycles. The minimum absolute atomic E-state index is 0.0498. The first-order chi connectivity index (χ1) is 17.8. The van der Waals surface area contributed by atoms with Crippen LogP contribution in [0.1, 0.15) is 44.9 Å². The van der Waals surface area contributed by atoms with E-state index in [-0.39, 0.29) is 18.3 Å². The first kappa shape index (κ1) is 26.2. The van der Waals surface area contributed by atoms with Crippen molar-refractivity contribution in [3.05, 3.63) is 84.5 Å². The number of carbonyl (C=O) groups excluding carboxylic acids is 1. The molecule has 0 amide bonds. The highest BCUT2D eigenvalue weighted by Crippen LogP contribution is 2.36. The van der Waals surface area contributed by atoms with Crippen LogP contribution in [0.2, 0.25) is 0 Å². The van der Waals surface area contributed by atoms with Crippen molar-refractivity contribution >= 4 is 23.4 Å². The fourth-order valence-corrected chi connectivity index (χ4v) is 5.24. The van der Waals surface area contributed by atoms with Crippen LogP contribution in [0.4, 0.5) is 0 Å². The summed E-state index contributed by atoms with van der Waals surface area (Å²) < 4.78 is 24.2. The number of benzene rings is 2. The Hall–Kier alpha value is -3.85. The normalized spacial score (nSPS) is 15.3. The van der Waals surface area contributed by atoms with Gasteiger partial charge in [-0.1, -0.05) is 29.5 Å². The number of ether oxygens (including phenoxy) is 4. The fraction of sp³-hybridized carbons (Fsp3) is 0.321. The highest BCUT2D eigenvalue weighted by molar-refractivity contribution is 7.07. The monoisotopic (exact) mass is 522 g/mol. The highest BCUT2D eigenvalue weighted by Gasteiger charge is 2.34. The Bertz CT molecular complexity index is 1530.